The first-order valence-corrected chi connectivity index (χ1v) is 5.94. The zero-order chi connectivity index (χ0) is 14.7. The second kappa shape index (κ2) is 5.41. The number of benzene rings is 1. The summed E-state index contributed by atoms with van der Waals surface area (Å²) in [5.41, 5.74) is 7.87. The van der Waals surface area contributed by atoms with E-state index in [1.54, 1.807) is 6.92 Å². The van der Waals surface area contributed by atoms with Gasteiger partial charge >= 0.3 is 5.97 Å². The Labute approximate surface area is 116 Å². The number of esters is 1. The fourth-order valence-electron chi connectivity index (χ4n) is 2.08. The van der Waals surface area contributed by atoms with E-state index in [0.29, 0.717) is 11.3 Å². The number of hydrogen-bond acceptors (Lipinski definition) is 5. The van der Waals surface area contributed by atoms with Crippen LogP contribution in [0.5, 0.6) is 0 Å². The molecule has 0 spiro atoms. The van der Waals surface area contributed by atoms with Gasteiger partial charge in [-0.15, -0.1) is 0 Å². The summed E-state index contributed by atoms with van der Waals surface area (Å²) in [6.45, 7) is 1.66. The molecule has 5 nitrogen and oxygen atoms in total. The standard InChI is InChI=1S/C15H13N3O2/c1-9-12(15(19)20-2)13(10-6-4-3-5-7-10)11(8-16)14(17)18-9/h3-7H,1-2H3,(H2,17,18). The molecule has 0 aliphatic heterocycles. The zero-order valence-corrected chi connectivity index (χ0v) is 11.2. The number of hydrogen-bond donors (Lipinski definition) is 1. The number of carbonyl (C=O) groups is 1. The van der Waals surface area contributed by atoms with Gasteiger partial charge in [-0.1, -0.05) is 30.3 Å². The van der Waals surface area contributed by atoms with Crippen LogP contribution in [0.4, 0.5) is 5.82 Å². The summed E-state index contributed by atoms with van der Waals surface area (Å²) in [6, 6.07) is 11.1. The van der Waals surface area contributed by atoms with E-state index in [-0.39, 0.29) is 16.9 Å². The molecule has 5 heteroatoms. The Morgan fingerprint density at radius 1 is 1.35 bits per heavy atom. The molecule has 0 saturated carbocycles. The molecule has 0 radical (unpaired) electrons. The molecule has 0 fully saturated rings. The van der Waals surface area contributed by atoms with Crippen LogP contribution >= 0.6 is 0 Å². The lowest BCUT2D eigenvalue weighted by molar-refractivity contribution is 0.0600. The van der Waals surface area contributed by atoms with Crippen LogP contribution in [-0.2, 0) is 4.74 Å². The highest BCUT2D eigenvalue weighted by molar-refractivity contribution is 6.00. The van der Waals surface area contributed by atoms with Crippen LogP contribution in [0.25, 0.3) is 11.1 Å². The minimum absolute atomic E-state index is 0.108. The number of nitriles is 1. The van der Waals surface area contributed by atoms with Gasteiger partial charge in [-0.3, -0.25) is 0 Å². The van der Waals surface area contributed by atoms with E-state index in [1.165, 1.54) is 7.11 Å². The van der Waals surface area contributed by atoms with Crippen molar-refractivity contribution in [2.75, 3.05) is 12.8 Å². The van der Waals surface area contributed by atoms with E-state index in [2.05, 4.69) is 4.98 Å². The molecule has 1 aromatic heterocycles. The van der Waals surface area contributed by atoms with Crippen molar-refractivity contribution in [1.29, 1.82) is 5.26 Å². The van der Waals surface area contributed by atoms with E-state index in [4.69, 9.17) is 10.5 Å². The maximum atomic E-state index is 12.0. The summed E-state index contributed by atoms with van der Waals surface area (Å²) in [7, 11) is 1.29. The third-order valence-corrected chi connectivity index (χ3v) is 2.97. The van der Waals surface area contributed by atoms with Gasteiger partial charge in [0.1, 0.15) is 17.5 Å². The van der Waals surface area contributed by atoms with Crippen LogP contribution in [0.1, 0.15) is 21.6 Å². The van der Waals surface area contributed by atoms with Gasteiger partial charge in [0.2, 0.25) is 0 Å². The Kier molecular flexibility index (Phi) is 3.67. The fourth-order valence-corrected chi connectivity index (χ4v) is 2.08. The van der Waals surface area contributed by atoms with Gasteiger partial charge in [0.25, 0.3) is 0 Å². The number of pyridine rings is 1. The Hall–Kier alpha value is -2.87. The van der Waals surface area contributed by atoms with Crippen molar-refractivity contribution < 1.29 is 9.53 Å². The van der Waals surface area contributed by atoms with Crippen LogP contribution in [0.3, 0.4) is 0 Å². The average molecular weight is 267 g/mol. The van der Waals surface area contributed by atoms with Gasteiger partial charge in [-0.05, 0) is 12.5 Å². The summed E-state index contributed by atoms with van der Waals surface area (Å²) < 4.78 is 4.79. The maximum Gasteiger partial charge on any atom is 0.340 e. The largest absolute Gasteiger partial charge is 0.465 e. The highest BCUT2D eigenvalue weighted by Gasteiger charge is 2.23. The van der Waals surface area contributed by atoms with Crippen LogP contribution in [-0.4, -0.2) is 18.1 Å². The summed E-state index contributed by atoms with van der Waals surface area (Å²) in [6.07, 6.45) is 0. The van der Waals surface area contributed by atoms with Gasteiger partial charge in [0.15, 0.2) is 0 Å². The number of rotatable bonds is 2. The average Bonchev–Trinajstić information content (AvgIpc) is 2.46. The molecular formula is C15H13N3O2. The number of nitrogens with zero attached hydrogens (tertiary/aromatic N) is 2. The minimum atomic E-state index is -0.537. The number of aromatic nitrogens is 1. The van der Waals surface area contributed by atoms with Crippen LogP contribution in [0, 0.1) is 18.3 Å². The molecule has 0 amide bonds. The first kappa shape index (κ1) is 13.6. The Balaban J connectivity index is 2.88. The maximum absolute atomic E-state index is 12.0. The van der Waals surface area contributed by atoms with Gasteiger partial charge < -0.3 is 10.5 Å². The second-order valence-corrected chi connectivity index (χ2v) is 4.18. The van der Waals surface area contributed by atoms with Crippen molar-refractivity contribution in [2.45, 2.75) is 6.92 Å². The smallest absolute Gasteiger partial charge is 0.340 e. The van der Waals surface area contributed by atoms with Crippen molar-refractivity contribution >= 4 is 11.8 Å². The van der Waals surface area contributed by atoms with Gasteiger partial charge in [0.05, 0.1) is 18.4 Å². The highest BCUT2D eigenvalue weighted by Crippen LogP contribution is 2.32. The van der Waals surface area contributed by atoms with E-state index in [1.807, 2.05) is 36.4 Å². The molecule has 0 saturated heterocycles. The SMILES string of the molecule is COC(=O)c1c(C)nc(N)c(C#N)c1-c1ccccc1. The highest BCUT2D eigenvalue weighted by atomic mass is 16.5. The number of nitrogens with two attached hydrogens (primary N) is 1. The first-order valence-electron chi connectivity index (χ1n) is 5.94. The molecule has 2 N–H and O–H groups in total. The minimum Gasteiger partial charge on any atom is -0.465 e. The summed E-state index contributed by atoms with van der Waals surface area (Å²) in [5, 5.41) is 9.31. The Bertz CT molecular complexity index is 703. The molecule has 100 valence electrons. The molecule has 20 heavy (non-hydrogen) atoms. The van der Waals surface area contributed by atoms with Crippen LogP contribution in [0.15, 0.2) is 30.3 Å². The number of methoxy groups -OCH3 is 1. The van der Waals surface area contributed by atoms with Crippen molar-refractivity contribution in [3.05, 3.63) is 47.2 Å². The predicted molar refractivity (Wildman–Crippen MR) is 74.9 cm³/mol. The molecule has 2 aromatic rings. The Morgan fingerprint density at radius 2 is 2.00 bits per heavy atom. The van der Waals surface area contributed by atoms with Crippen molar-refractivity contribution in [2.24, 2.45) is 0 Å². The Morgan fingerprint density at radius 3 is 2.55 bits per heavy atom. The predicted octanol–water partition coefficient (Wildman–Crippen LogP) is 2.30. The van der Waals surface area contributed by atoms with E-state index in [0.717, 1.165) is 5.56 Å². The van der Waals surface area contributed by atoms with Crippen molar-refractivity contribution in [3.63, 3.8) is 0 Å². The van der Waals surface area contributed by atoms with Crippen LogP contribution in [0.2, 0.25) is 0 Å². The van der Waals surface area contributed by atoms with Gasteiger partial charge in [-0.2, -0.15) is 5.26 Å². The lowest BCUT2D eigenvalue weighted by Crippen LogP contribution is -2.11. The summed E-state index contributed by atoms with van der Waals surface area (Å²) >= 11 is 0. The number of aryl methyl sites for hydroxylation is 1. The molecule has 0 atom stereocenters. The van der Waals surface area contributed by atoms with Crippen molar-refractivity contribution in [3.8, 4) is 17.2 Å². The lowest BCUT2D eigenvalue weighted by atomic mass is 9.94. The number of nitrogen functional groups attached to an aromatic ring is 1. The molecule has 1 heterocycles. The number of anilines is 1. The molecular weight excluding hydrogens is 254 g/mol. The summed E-state index contributed by atoms with van der Waals surface area (Å²) in [4.78, 5) is 16.0. The zero-order valence-electron chi connectivity index (χ0n) is 11.2. The number of ether oxygens (including phenoxy) is 1. The molecule has 0 aliphatic carbocycles. The van der Waals surface area contributed by atoms with E-state index < -0.39 is 5.97 Å². The molecule has 0 aliphatic rings. The lowest BCUT2D eigenvalue weighted by Gasteiger charge is -2.14. The molecule has 0 unspecified atom stereocenters. The normalized spacial score (nSPS) is 9.85. The molecule has 0 bridgehead atoms. The molecule has 1 aromatic carbocycles. The van der Waals surface area contributed by atoms with Crippen molar-refractivity contribution in [1.82, 2.24) is 4.98 Å². The third-order valence-electron chi connectivity index (χ3n) is 2.97. The van der Waals surface area contributed by atoms with Crippen LogP contribution < -0.4 is 5.73 Å². The fraction of sp³-hybridized carbons (Fsp3) is 0.133. The van der Waals surface area contributed by atoms with E-state index >= 15 is 0 Å². The van der Waals surface area contributed by atoms with Gasteiger partial charge in [0, 0.05) is 5.56 Å². The topological polar surface area (TPSA) is 89.0 Å². The van der Waals surface area contributed by atoms with Gasteiger partial charge in [-0.25, -0.2) is 9.78 Å². The first-order chi connectivity index (χ1) is 9.60. The third kappa shape index (κ3) is 2.19. The number of carbonyl (C=O) groups excluding carboxylic acids is 1. The summed E-state index contributed by atoms with van der Waals surface area (Å²) in [5.74, 6) is -0.429. The molecule has 2 rings (SSSR count). The van der Waals surface area contributed by atoms with E-state index in [9.17, 15) is 10.1 Å². The quantitative estimate of drug-likeness (QED) is 0.843. The monoisotopic (exact) mass is 267 g/mol. The second-order valence-electron chi connectivity index (χ2n) is 4.18.